The summed E-state index contributed by atoms with van der Waals surface area (Å²) in [5.41, 5.74) is 0. The van der Waals surface area contributed by atoms with Gasteiger partial charge in [-0.25, -0.2) is 9.97 Å². The summed E-state index contributed by atoms with van der Waals surface area (Å²) in [4.78, 5) is 20.3. The highest BCUT2D eigenvalue weighted by atomic mass is 35.5. The van der Waals surface area contributed by atoms with Gasteiger partial charge in [-0.2, -0.15) is 0 Å². The van der Waals surface area contributed by atoms with Crippen molar-refractivity contribution in [2.24, 2.45) is 0 Å². The van der Waals surface area contributed by atoms with Crippen molar-refractivity contribution in [3.63, 3.8) is 0 Å². The zero-order valence-electron chi connectivity index (χ0n) is 8.74. The van der Waals surface area contributed by atoms with Gasteiger partial charge in [0.25, 0.3) is 0 Å². The number of aromatic nitrogens is 2. The summed E-state index contributed by atoms with van der Waals surface area (Å²) >= 11 is 7.37. The van der Waals surface area contributed by atoms with Gasteiger partial charge < -0.3 is 10.6 Å². The highest BCUT2D eigenvalue weighted by Gasteiger charge is 2.22. The van der Waals surface area contributed by atoms with Gasteiger partial charge in [0.05, 0.1) is 11.4 Å². The zero-order chi connectivity index (χ0) is 11.8. The Morgan fingerprint density at radius 2 is 2.41 bits per heavy atom. The van der Waals surface area contributed by atoms with Crippen LogP contribution in [0.25, 0.3) is 10.2 Å². The zero-order valence-corrected chi connectivity index (χ0v) is 10.3. The largest absolute Gasteiger partial charge is 0.364 e. The number of hydrogen-bond acceptors (Lipinski definition) is 5. The Balaban J connectivity index is 1.93. The molecule has 0 spiro atoms. The van der Waals surface area contributed by atoms with Gasteiger partial charge in [0.2, 0.25) is 11.2 Å². The van der Waals surface area contributed by atoms with Crippen molar-refractivity contribution in [2.75, 3.05) is 11.9 Å². The van der Waals surface area contributed by atoms with Crippen LogP contribution in [0.4, 0.5) is 5.82 Å². The molecule has 88 valence electrons. The Bertz CT molecular complexity index is 585. The maximum absolute atomic E-state index is 11.1. The van der Waals surface area contributed by atoms with E-state index in [1.54, 1.807) is 0 Å². The van der Waals surface area contributed by atoms with E-state index in [9.17, 15) is 4.79 Å². The van der Waals surface area contributed by atoms with Crippen molar-refractivity contribution in [1.29, 1.82) is 0 Å². The molecule has 0 aromatic carbocycles. The van der Waals surface area contributed by atoms with Crippen molar-refractivity contribution in [3.8, 4) is 0 Å². The lowest BCUT2D eigenvalue weighted by molar-refractivity contribution is -0.119. The number of rotatable bonds is 2. The van der Waals surface area contributed by atoms with Crippen LogP contribution in [0.2, 0.25) is 5.28 Å². The minimum atomic E-state index is 0.0595. The normalized spacial score (nSPS) is 19.6. The van der Waals surface area contributed by atoms with Gasteiger partial charge in [-0.05, 0) is 23.0 Å². The second-order valence-electron chi connectivity index (χ2n) is 3.83. The Morgan fingerprint density at radius 3 is 3.18 bits per heavy atom. The molecule has 2 N–H and O–H groups in total. The number of halogens is 1. The lowest BCUT2D eigenvalue weighted by atomic mass is 10.2. The molecule has 2 aromatic heterocycles. The first-order valence-electron chi connectivity index (χ1n) is 5.16. The maximum Gasteiger partial charge on any atom is 0.225 e. The van der Waals surface area contributed by atoms with E-state index < -0.39 is 0 Å². The molecule has 1 aliphatic heterocycles. The highest BCUT2D eigenvalue weighted by molar-refractivity contribution is 7.16. The van der Waals surface area contributed by atoms with Crippen LogP contribution in [0.3, 0.4) is 0 Å². The van der Waals surface area contributed by atoms with Crippen LogP contribution in [-0.2, 0) is 4.79 Å². The second-order valence-corrected chi connectivity index (χ2v) is 5.06. The number of nitrogens with one attached hydrogen (secondary N) is 2. The van der Waals surface area contributed by atoms with Crippen molar-refractivity contribution in [3.05, 3.63) is 16.7 Å². The van der Waals surface area contributed by atoms with Crippen LogP contribution >= 0.6 is 22.9 Å². The number of carbonyl (C=O) groups excluding carboxylic acids is 1. The van der Waals surface area contributed by atoms with Crippen molar-refractivity contribution in [2.45, 2.75) is 12.5 Å². The second kappa shape index (κ2) is 4.12. The summed E-state index contributed by atoms with van der Waals surface area (Å²) in [6.07, 6.45) is 0.466. The Morgan fingerprint density at radius 1 is 1.53 bits per heavy atom. The molecular formula is C10H9ClN4OS. The molecule has 0 bridgehead atoms. The Labute approximate surface area is 106 Å². The summed E-state index contributed by atoms with van der Waals surface area (Å²) in [6.45, 7) is 0.617. The van der Waals surface area contributed by atoms with Crippen molar-refractivity contribution in [1.82, 2.24) is 15.3 Å². The lowest BCUT2D eigenvalue weighted by Crippen LogP contribution is -2.23. The summed E-state index contributed by atoms with van der Waals surface area (Å²) in [7, 11) is 0. The first-order valence-corrected chi connectivity index (χ1v) is 6.42. The van der Waals surface area contributed by atoms with Gasteiger partial charge >= 0.3 is 0 Å². The summed E-state index contributed by atoms with van der Waals surface area (Å²) in [6, 6.07) is 2.01. The van der Waals surface area contributed by atoms with Gasteiger partial charge in [-0.15, -0.1) is 11.3 Å². The van der Waals surface area contributed by atoms with Crippen LogP contribution < -0.4 is 10.6 Å². The van der Waals surface area contributed by atoms with Crippen molar-refractivity contribution >= 4 is 44.9 Å². The number of thiophene rings is 1. The fourth-order valence-corrected chi connectivity index (χ4v) is 2.82. The average molecular weight is 269 g/mol. The third kappa shape index (κ3) is 2.05. The van der Waals surface area contributed by atoms with Gasteiger partial charge in [-0.3, -0.25) is 4.79 Å². The molecular weight excluding hydrogens is 260 g/mol. The minimum Gasteiger partial charge on any atom is -0.364 e. The molecule has 1 amide bonds. The third-order valence-electron chi connectivity index (χ3n) is 2.62. The quantitative estimate of drug-likeness (QED) is 0.813. The van der Waals surface area contributed by atoms with Gasteiger partial charge in [0.15, 0.2) is 0 Å². The number of amides is 1. The summed E-state index contributed by atoms with van der Waals surface area (Å²) < 4.78 is 0. The number of nitrogens with zero attached hydrogens (tertiary/aromatic N) is 2. The van der Waals surface area contributed by atoms with E-state index >= 15 is 0 Å². The van der Waals surface area contributed by atoms with E-state index in [4.69, 9.17) is 11.6 Å². The van der Waals surface area contributed by atoms with E-state index in [1.807, 2.05) is 11.4 Å². The monoisotopic (exact) mass is 268 g/mol. The molecule has 3 rings (SSSR count). The highest BCUT2D eigenvalue weighted by Crippen LogP contribution is 2.27. The first-order chi connectivity index (χ1) is 8.22. The van der Waals surface area contributed by atoms with E-state index in [0.29, 0.717) is 18.8 Å². The van der Waals surface area contributed by atoms with E-state index in [2.05, 4.69) is 20.6 Å². The molecule has 3 heterocycles. The fourth-order valence-electron chi connectivity index (χ4n) is 1.84. The summed E-state index contributed by atoms with van der Waals surface area (Å²) in [5.74, 6) is 0.756. The Hall–Kier alpha value is -1.40. The molecule has 0 radical (unpaired) electrons. The Kier molecular flexibility index (Phi) is 2.60. The van der Waals surface area contributed by atoms with Crippen LogP contribution in [0.15, 0.2) is 11.4 Å². The van der Waals surface area contributed by atoms with Crippen LogP contribution in [-0.4, -0.2) is 28.5 Å². The predicted octanol–water partition coefficient (Wildman–Crippen LogP) is 1.65. The number of fused-ring (bicyclic) bond motifs is 1. The molecule has 1 fully saturated rings. The number of hydrogen-bond donors (Lipinski definition) is 2. The van der Waals surface area contributed by atoms with E-state index in [-0.39, 0.29) is 17.2 Å². The summed E-state index contributed by atoms with van der Waals surface area (Å²) in [5, 5.41) is 9.11. The molecule has 17 heavy (non-hydrogen) atoms. The predicted molar refractivity (Wildman–Crippen MR) is 67.5 cm³/mol. The van der Waals surface area contributed by atoms with E-state index in [0.717, 1.165) is 10.2 Å². The van der Waals surface area contributed by atoms with Crippen molar-refractivity contribution < 1.29 is 4.79 Å². The average Bonchev–Trinajstić information content (AvgIpc) is 2.87. The molecule has 1 unspecified atom stereocenters. The van der Waals surface area contributed by atoms with Gasteiger partial charge in [0.1, 0.15) is 10.6 Å². The molecule has 2 aromatic rings. The van der Waals surface area contributed by atoms with E-state index in [1.165, 1.54) is 11.3 Å². The van der Waals surface area contributed by atoms with Gasteiger partial charge in [-0.1, -0.05) is 0 Å². The molecule has 1 atom stereocenters. The van der Waals surface area contributed by atoms with Crippen LogP contribution in [0.1, 0.15) is 6.42 Å². The number of carbonyl (C=O) groups is 1. The van der Waals surface area contributed by atoms with Crippen LogP contribution in [0, 0.1) is 0 Å². The molecule has 5 nitrogen and oxygen atoms in total. The molecule has 0 aliphatic carbocycles. The number of anilines is 1. The molecule has 7 heteroatoms. The molecule has 1 aliphatic rings. The first kappa shape index (κ1) is 10.7. The smallest absolute Gasteiger partial charge is 0.225 e. The third-order valence-corrected chi connectivity index (χ3v) is 3.59. The minimum absolute atomic E-state index is 0.0595. The fraction of sp³-hybridized carbons (Fsp3) is 0.300. The van der Waals surface area contributed by atoms with Gasteiger partial charge in [0, 0.05) is 13.0 Å². The maximum atomic E-state index is 11.1. The standard InChI is InChI=1S/C10H9ClN4OS/c11-10-14-8(6-1-2-17-9(6)15-10)13-5-3-7(16)12-4-5/h1-2,5H,3-4H2,(H,12,16)(H,13,14,15). The SMILES string of the molecule is O=C1CC(Nc2nc(Cl)nc3sccc23)CN1. The lowest BCUT2D eigenvalue weighted by Gasteiger charge is -2.11. The molecule has 1 saturated heterocycles. The topological polar surface area (TPSA) is 66.9 Å². The van der Waals surface area contributed by atoms with Crippen LogP contribution in [0.5, 0.6) is 0 Å². The molecule has 0 saturated carbocycles.